The van der Waals surface area contributed by atoms with Crippen LogP contribution in [-0.2, 0) is 0 Å². The van der Waals surface area contributed by atoms with Crippen LogP contribution in [0, 0.1) is 17.2 Å². The molecule has 4 nitrogen and oxygen atoms in total. The fourth-order valence-electron chi connectivity index (χ4n) is 2.38. The molecule has 0 saturated carbocycles. The summed E-state index contributed by atoms with van der Waals surface area (Å²) < 4.78 is 13.2. The van der Waals surface area contributed by atoms with Crippen molar-refractivity contribution in [1.29, 1.82) is 5.41 Å². The molecule has 1 N–H and O–H groups in total. The lowest BCUT2D eigenvalue weighted by Gasteiger charge is -2.32. The first-order valence-electron chi connectivity index (χ1n) is 8.53. The summed E-state index contributed by atoms with van der Waals surface area (Å²) in [5.74, 6) is 0.645. The number of nitrogens with one attached hydrogen (secondary N) is 1. The maximum atomic E-state index is 13.2. The smallest absolute Gasteiger partial charge is 0.110 e. The molecule has 0 radical (unpaired) electrons. The molecule has 0 aromatic carbocycles. The Morgan fingerprint density at radius 2 is 2.04 bits per heavy atom. The molecule has 132 valence electrons. The molecule has 0 spiro atoms. The minimum Gasteiger partial charge on any atom is -0.370 e. The van der Waals surface area contributed by atoms with Gasteiger partial charge in [-0.15, -0.1) is 0 Å². The molecule has 24 heavy (non-hydrogen) atoms. The van der Waals surface area contributed by atoms with Gasteiger partial charge in [-0.1, -0.05) is 26.0 Å². The van der Waals surface area contributed by atoms with Crippen molar-refractivity contribution in [1.82, 2.24) is 4.90 Å². The van der Waals surface area contributed by atoms with E-state index in [0.29, 0.717) is 30.2 Å². The summed E-state index contributed by atoms with van der Waals surface area (Å²) in [6.07, 6.45) is 13.3. The quantitative estimate of drug-likeness (QED) is 0.399. The number of rotatable bonds is 8. The Morgan fingerprint density at radius 3 is 2.67 bits per heavy atom. The van der Waals surface area contributed by atoms with Gasteiger partial charge in [-0.3, -0.25) is 4.99 Å². The molecule has 0 amide bonds. The van der Waals surface area contributed by atoms with Gasteiger partial charge < -0.3 is 10.3 Å². The highest BCUT2D eigenvalue weighted by Crippen LogP contribution is 2.21. The van der Waals surface area contributed by atoms with Gasteiger partial charge in [0.05, 0.1) is 12.2 Å². The molecular formula is C19H29FN4. The first kappa shape index (κ1) is 20.0. The van der Waals surface area contributed by atoms with E-state index in [2.05, 4.69) is 21.8 Å². The molecule has 1 aliphatic heterocycles. The van der Waals surface area contributed by atoms with Crippen LogP contribution in [0.25, 0.3) is 0 Å². The molecule has 1 saturated heterocycles. The third-order valence-electron chi connectivity index (χ3n) is 4.11. The third-order valence-corrected chi connectivity index (χ3v) is 4.11. The van der Waals surface area contributed by atoms with E-state index in [9.17, 15) is 4.39 Å². The molecule has 1 atom stereocenters. The summed E-state index contributed by atoms with van der Waals surface area (Å²) in [6.45, 7) is 8.28. The second kappa shape index (κ2) is 11.5. The zero-order chi connectivity index (χ0) is 17.8. The van der Waals surface area contributed by atoms with E-state index in [1.807, 2.05) is 26.0 Å². The van der Waals surface area contributed by atoms with Crippen molar-refractivity contribution < 1.29 is 4.39 Å². The molecule has 1 rings (SSSR count). The van der Waals surface area contributed by atoms with Gasteiger partial charge in [0, 0.05) is 30.9 Å². The Morgan fingerprint density at radius 1 is 1.33 bits per heavy atom. The van der Waals surface area contributed by atoms with Crippen LogP contribution in [0.4, 0.5) is 4.39 Å². The molecule has 5 heteroatoms. The Labute approximate surface area is 145 Å². The summed E-state index contributed by atoms with van der Waals surface area (Å²) in [4.78, 5) is 10.0. The number of hydrogen-bond donors (Lipinski definition) is 1. The van der Waals surface area contributed by atoms with Crippen molar-refractivity contribution in [2.24, 2.45) is 21.8 Å². The lowest BCUT2D eigenvalue weighted by Crippen LogP contribution is -2.31. The largest absolute Gasteiger partial charge is 0.370 e. The van der Waals surface area contributed by atoms with Gasteiger partial charge in [0.15, 0.2) is 0 Å². The van der Waals surface area contributed by atoms with Crippen LogP contribution in [0.5, 0.6) is 0 Å². The van der Waals surface area contributed by atoms with E-state index in [1.54, 1.807) is 18.4 Å². The Balaban J connectivity index is 2.48. The van der Waals surface area contributed by atoms with E-state index in [1.165, 1.54) is 6.34 Å². The minimum absolute atomic E-state index is 0.0717. The van der Waals surface area contributed by atoms with Crippen LogP contribution in [0.15, 0.2) is 46.3 Å². The van der Waals surface area contributed by atoms with Crippen LogP contribution in [0.2, 0.25) is 0 Å². The molecule has 0 aromatic rings. The van der Waals surface area contributed by atoms with Gasteiger partial charge in [0.2, 0.25) is 0 Å². The lowest BCUT2D eigenvalue weighted by molar-refractivity contribution is 0.240. The van der Waals surface area contributed by atoms with E-state index in [4.69, 9.17) is 5.41 Å². The average Bonchev–Trinajstić information content (AvgIpc) is 2.59. The Kier molecular flexibility index (Phi) is 9.58. The van der Waals surface area contributed by atoms with Crippen LogP contribution in [-0.4, -0.2) is 42.8 Å². The van der Waals surface area contributed by atoms with Crippen molar-refractivity contribution in [3.63, 3.8) is 0 Å². The molecule has 0 aromatic heterocycles. The Hall–Kier alpha value is -2.04. The van der Waals surface area contributed by atoms with Gasteiger partial charge in [-0.2, -0.15) is 0 Å². The van der Waals surface area contributed by atoms with Crippen molar-refractivity contribution in [2.45, 2.75) is 33.6 Å². The van der Waals surface area contributed by atoms with E-state index in [-0.39, 0.29) is 5.92 Å². The molecule has 1 unspecified atom stereocenters. The fourth-order valence-corrected chi connectivity index (χ4v) is 2.38. The van der Waals surface area contributed by atoms with E-state index < -0.39 is 0 Å². The fraction of sp³-hybridized carbons (Fsp3) is 0.526. The van der Waals surface area contributed by atoms with Crippen LogP contribution >= 0.6 is 0 Å². The first-order valence-corrected chi connectivity index (χ1v) is 8.53. The van der Waals surface area contributed by atoms with Crippen molar-refractivity contribution in [2.75, 3.05) is 19.6 Å². The molecular weight excluding hydrogens is 303 g/mol. The highest BCUT2D eigenvalue weighted by atomic mass is 19.1. The normalized spacial score (nSPS) is 19.3. The zero-order valence-electron chi connectivity index (χ0n) is 15.0. The molecule has 0 aliphatic carbocycles. The Bertz CT molecular complexity index is 523. The standard InChI is InChI=1S/C19H29FN4/c1-4-22-15-23-11-5-6-19(21)17(3)7-8-18(14-20)24-12-9-16(2)10-13-24/h4-8,14-17,21H,9-13H2,1-3H3/b6-5+,8-7-,18-14-,21-19?,22-4?,23-15?. The van der Waals surface area contributed by atoms with E-state index in [0.717, 1.165) is 25.9 Å². The van der Waals surface area contributed by atoms with Gasteiger partial charge in [0.1, 0.15) is 12.7 Å². The number of aliphatic imine (C=N–C) groups is 2. The summed E-state index contributed by atoms with van der Waals surface area (Å²) in [5, 5.41) is 8.04. The van der Waals surface area contributed by atoms with E-state index >= 15 is 0 Å². The summed E-state index contributed by atoms with van der Waals surface area (Å²) >= 11 is 0. The van der Waals surface area contributed by atoms with Gasteiger partial charge in [-0.05, 0) is 37.8 Å². The molecule has 1 aliphatic rings. The number of allylic oxidation sites excluding steroid dienone is 3. The number of likely N-dealkylation sites (tertiary alicyclic amines) is 1. The predicted octanol–water partition coefficient (Wildman–Crippen LogP) is 4.42. The molecule has 0 bridgehead atoms. The van der Waals surface area contributed by atoms with Gasteiger partial charge in [-0.25, -0.2) is 9.38 Å². The monoisotopic (exact) mass is 332 g/mol. The van der Waals surface area contributed by atoms with Crippen LogP contribution in [0.1, 0.15) is 33.6 Å². The zero-order valence-corrected chi connectivity index (χ0v) is 15.0. The second-order valence-corrected chi connectivity index (χ2v) is 6.10. The van der Waals surface area contributed by atoms with Crippen molar-refractivity contribution >= 4 is 18.3 Å². The van der Waals surface area contributed by atoms with Gasteiger partial charge >= 0.3 is 0 Å². The highest BCUT2D eigenvalue weighted by molar-refractivity contribution is 5.95. The van der Waals surface area contributed by atoms with Crippen LogP contribution < -0.4 is 0 Å². The lowest BCUT2D eigenvalue weighted by atomic mass is 9.98. The topological polar surface area (TPSA) is 51.8 Å². The molecule has 1 fully saturated rings. The number of halogens is 1. The average molecular weight is 332 g/mol. The highest BCUT2D eigenvalue weighted by Gasteiger charge is 2.16. The van der Waals surface area contributed by atoms with Crippen molar-refractivity contribution in [3.8, 4) is 0 Å². The van der Waals surface area contributed by atoms with Crippen LogP contribution in [0.3, 0.4) is 0 Å². The molecule has 1 heterocycles. The minimum atomic E-state index is -0.0717. The SMILES string of the molecule is CC=NC=NC/C=C/C(=N)C(C)/C=C\C(=C\F)N1CCC(C)CC1. The predicted molar refractivity (Wildman–Crippen MR) is 102 cm³/mol. The number of piperidine rings is 1. The second-order valence-electron chi connectivity index (χ2n) is 6.10. The number of hydrogen-bond acceptors (Lipinski definition) is 3. The third kappa shape index (κ3) is 7.49. The summed E-state index contributed by atoms with van der Waals surface area (Å²) in [6, 6.07) is 0. The summed E-state index contributed by atoms with van der Waals surface area (Å²) in [7, 11) is 0. The maximum Gasteiger partial charge on any atom is 0.110 e. The number of nitrogens with zero attached hydrogens (tertiary/aromatic N) is 3. The summed E-state index contributed by atoms with van der Waals surface area (Å²) in [5.41, 5.74) is 1.08. The van der Waals surface area contributed by atoms with Crippen molar-refractivity contribution in [3.05, 3.63) is 36.3 Å². The first-order chi connectivity index (χ1) is 11.6. The van der Waals surface area contributed by atoms with Gasteiger partial charge in [0.25, 0.3) is 0 Å². The maximum absolute atomic E-state index is 13.2.